The van der Waals surface area contributed by atoms with Gasteiger partial charge in [-0.15, -0.1) is 0 Å². The van der Waals surface area contributed by atoms with Crippen LogP contribution in [-0.4, -0.2) is 42.9 Å². The highest BCUT2D eigenvalue weighted by atomic mass is 19.1. The smallest absolute Gasteiger partial charge is 0.255 e. The molecule has 1 aliphatic rings. The van der Waals surface area contributed by atoms with E-state index >= 15 is 0 Å². The second-order valence-electron chi connectivity index (χ2n) is 12.6. The summed E-state index contributed by atoms with van der Waals surface area (Å²) in [7, 11) is 0. The molecule has 1 fully saturated rings. The fourth-order valence-corrected chi connectivity index (χ4v) is 5.46. The number of amides is 2. The van der Waals surface area contributed by atoms with Crippen LogP contribution >= 0.6 is 0 Å². The molecule has 0 radical (unpaired) electrons. The Morgan fingerprint density at radius 2 is 1.44 bits per heavy atom. The van der Waals surface area contributed by atoms with Crippen molar-refractivity contribution in [2.24, 2.45) is 5.73 Å². The highest BCUT2D eigenvalue weighted by Gasteiger charge is 2.22. The molecule has 0 atom stereocenters. The van der Waals surface area contributed by atoms with Crippen LogP contribution in [0.5, 0.6) is 0 Å². The lowest BCUT2D eigenvalue weighted by Gasteiger charge is -2.36. The summed E-state index contributed by atoms with van der Waals surface area (Å²) in [5.41, 5.74) is 11.9. The summed E-state index contributed by atoms with van der Waals surface area (Å²) in [6.45, 7) is 10.7. The normalized spacial score (nSPS) is 13.8. The zero-order valence-electron chi connectivity index (χ0n) is 26.3. The van der Waals surface area contributed by atoms with Crippen LogP contribution in [0.25, 0.3) is 0 Å². The summed E-state index contributed by atoms with van der Waals surface area (Å²) < 4.78 is 14.4. The van der Waals surface area contributed by atoms with E-state index in [9.17, 15) is 14.0 Å². The van der Waals surface area contributed by atoms with Crippen LogP contribution in [0, 0.1) is 5.82 Å². The van der Waals surface area contributed by atoms with Gasteiger partial charge in [0.25, 0.3) is 11.8 Å². The van der Waals surface area contributed by atoms with E-state index < -0.39 is 0 Å². The van der Waals surface area contributed by atoms with Crippen LogP contribution in [0.1, 0.15) is 63.7 Å². The zero-order valence-corrected chi connectivity index (χ0v) is 26.3. The van der Waals surface area contributed by atoms with Gasteiger partial charge in [-0.25, -0.2) is 4.39 Å². The fourth-order valence-electron chi connectivity index (χ4n) is 5.46. The van der Waals surface area contributed by atoms with Gasteiger partial charge < -0.3 is 21.3 Å². The van der Waals surface area contributed by atoms with Crippen molar-refractivity contribution in [3.63, 3.8) is 0 Å². The number of halogens is 1. The Balaban J connectivity index is 1.32. The minimum absolute atomic E-state index is 0.0212. The number of nitrogens with two attached hydrogens (primary N) is 1. The minimum Gasteiger partial charge on any atom is -0.367 e. The summed E-state index contributed by atoms with van der Waals surface area (Å²) >= 11 is 0. The van der Waals surface area contributed by atoms with Crippen molar-refractivity contribution < 1.29 is 14.0 Å². The topological polar surface area (TPSA) is 90.7 Å². The SMILES string of the molecule is CC(C)(C)c1ccc(C(=O)Nc2cc(C(=O)NCc3ccc(CN)cc3)ccc2CN2CCN(c3ccccc3F)CC2)cc1. The number of nitrogens with zero attached hydrogens (tertiary/aromatic N) is 2. The van der Waals surface area contributed by atoms with Crippen LogP contribution in [0.2, 0.25) is 0 Å². The van der Waals surface area contributed by atoms with Crippen molar-refractivity contribution in [2.45, 2.75) is 45.8 Å². The number of benzene rings is 4. The first-order chi connectivity index (χ1) is 21.6. The van der Waals surface area contributed by atoms with Crippen LogP contribution in [-0.2, 0) is 25.0 Å². The summed E-state index contributed by atoms with van der Waals surface area (Å²) in [4.78, 5) is 31.0. The number of rotatable bonds is 9. The van der Waals surface area contributed by atoms with Crippen molar-refractivity contribution in [1.29, 1.82) is 0 Å². The molecule has 0 aromatic heterocycles. The van der Waals surface area contributed by atoms with Gasteiger partial charge in [0.2, 0.25) is 0 Å². The highest BCUT2D eigenvalue weighted by Crippen LogP contribution is 2.26. The highest BCUT2D eigenvalue weighted by molar-refractivity contribution is 6.05. The predicted octanol–water partition coefficient (Wildman–Crippen LogP) is 6.09. The molecule has 0 spiro atoms. The van der Waals surface area contributed by atoms with Crippen LogP contribution < -0.4 is 21.3 Å². The van der Waals surface area contributed by atoms with E-state index in [-0.39, 0.29) is 23.0 Å². The molecule has 7 nitrogen and oxygen atoms in total. The third-order valence-corrected chi connectivity index (χ3v) is 8.30. The molecule has 0 bridgehead atoms. The van der Waals surface area contributed by atoms with Gasteiger partial charge >= 0.3 is 0 Å². The fraction of sp³-hybridized carbons (Fsp3) is 0.297. The van der Waals surface area contributed by atoms with E-state index in [0.717, 1.165) is 35.3 Å². The molecule has 0 saturated carbocycles. The van der Waals surface area contributed by atoms with Gasteiger partial charge in [0.1, 0.15) is 5.82 Å². The second kappa shape index (κ2) is 14.1. The molecule has 5 rings (SSSR count). The average molecular weight is 608 g/mol. The van der Waals surface area contributed by atoms with E-state index in [1.54, 1.807) is 18.2 Å². The van der Waals surface area contributed by atoms with Crippen LogP contribution in [0.3, 0.4) is 0 Å². The van der Waals surface area contributed by atoms with Crippen molar-refractivity contribution >= 4 is 23.2 Å². The molecule has 1 heterocycles. The summed E-state index contributed by atoms with van der Waals surface area (Å²) in [5, 5.41) is 6.06. The third kappa shape index (κ3) is 8.15. The van der Waals surface area contributed by atoms with Crippen LogP contribution in [0.15, 0.2) is 91.0 Å². The Morgan fingerprint density at radius 3 is 2.09 bits per heavy atom. The second-order valence-corrected chi connectivity index (χ2v) is 12.6. The van der Waals surface area contributed by atoms with Gasteiger partial charge in [-0.3, -0.25) is 14.5 Å². The summed E-state index contributed by atoms with van der Waals surface area (Å²) in [5.74, 6) is -0.681. The van der Waals surface area contributed by atoms with E-state index in [1.807, 2.05) is 66.7 Å². The maximum atomic E-state index is 14.4. The molecular formula is C37H42FN5O2. The first-order valence-electron chi connectivity index (χ1n) is 15.4. The zero-order chi connectivity index (χ0) is 32.0. The number of anilines is 2. The van der Waals surface area contributed by atoms with Gasteiger partial charge in [-0.2, -0.15) is 0 Å². The largest absolute Gasteiger partial charge is 0.367 e. The summed E-state index contributed by atoms with van der Waals surface area (Å²) in [6.07, 6.45) is 0. The van der Waals surface area contributed by atoms with E-state index in [2.05, 4.69) is 41.2 Å². The maximum Gasteiger partial charge on any atom is 0.255 e. The minimum atomic E-state index is -0.237. The number of carbonyl (C=O) groups excluding carboxylic acids is 2. The lowest BCUT2D eigenvalue weighted by Crippen LogP contribution is -2.46. The molecule has 1 saturated heterocycles. The molecule has 0 aliphatic carbocycles. The number of nitrogens with one attached hydrogen (secondary N) is 2. The van der Waals surface area contributed by atoms with E-state index in [4.69, 9.17) is 5.73 Å². The van der Waals surface area contributed by atoms with Crippen molar-refractivity contribution in [1.82, 2.24) is 10.2 Å². The van der Waals surface area contributed by atoms with Gasteiger partial charge in [0.15, 0.2) is 0 Å². The van der Waals surface area contributed by atoms with Gasteiger partial charge in [-0.05, 0) is 64.1 Å². The standard InChI is InChI=1S/C37H42FN5O2/c1-37(2,3)31-16-14-28(15-17-31)36(45)41-33-22-29(35(44)40-24-27-10-8-26(23-39)9-11-27)12-13-30(33)25-42-18-20-43(21-19-42)34-7-5-4-6-32(34)38/h4-17,22H,18-21,23-25,39H2,1-3H3,(H,40,44)(H,41,45). The third-order valence-electron chi connectivity index (χ3n) is 8.30. The lowest BCUT2D eigenvalue weighted by molar-refractivity contribution is 0.0949. The average Bonchev–Trinajstić information content (AvgIpc) is 3.05. The molecule has 2 amide bonds. The number of para-hydroxylation sites is 1. The number of piperazine rings is 1. The van der Waals surface area contributed by atoms with Crippen molar-refractivity contribution in [3.8, 4) is 0 Å². The first-order valence-corrected chi connectivity index (χ1v) is 15.4. The molecule has 4 aromatic carbocycles. The van der Waals surface area contributed by atoms with E-state index in [0.29, 0.717) is 55.2 Å². The number of hydrogen-bond donors (Lipinski definition) is 3. The Hall–Kier alpha value is -4.53. The maximum absolute atomic E-state index is 14.4. The predicted molar refractivity (Wildman–Crippen MR) is 179 cm³/mol. The van der Waals surface area contributed by atoms with Gasteiger partial charge in [-0.1, -0.05) is 75.4 Å². The van der Waals surface area contributed by atoms with Gasteiger partial charge in [0.05, 0.1) is 5.69 Å². The molecule has 4 N–H and O–H groups in total. The Morgan fingerprint density at radius 1 is 0.800 bits per heavy atom. The van der Waals surface area contributed by atoms with E-state index in [1.165, 1.54) is 6.07 Å². The van der Waals surface area contributed by atoms with Crippen LogP contribution in [0.4, 0.5) is 15.8 Å². The lowest BCUT2D eigenvalue weighted by atomic mass is 9.86. The molecule has 0 unspecified atom stereocenters. The Bertz CT molecular complexity index is 1620. The Kier molecular flexibility index (Phi) is 9.96. The molecular weight excluding hydrogens is 565 g/mol. The first kappa shape index (κ1) is 31.9. The van der Waals surface area contributed by atoms with Crippen molar-refractivity contribution in [2.75, 3.05) is 36.4 Å². The quantitative estimate of drug-likeness (QED) is 0.214. The van der Waals surface area contributed by atoms with Crippen molar-refractivity contribution in [3.05, 3.63) is 130 Å². The molecule has 8 heteroatoms. The summed E-state index contributed by atoms with van der Waals surface area (Å²) in [6, 6.07) is 27.8. The monoisotopic (exact) mass is 607 g/mol. The molecule has 234 valence electrons. The molecule has 4 aromatic rings. The Labute approximate surface area is 265 Å². The number of carbonyl (C=O) groups is 2. The number of hydrogen-bond acceptors (Lipinski definition) is 5. The molecule has 1 aliphatic heterocycles. The molecule has 45 heavy (non-hydrogen) atoms. The van der Waals surface area contributed by atoms with Gasteiger partial charge in [0, 0.05) is 62.6 Å².